The Labute approximate surface area is 124 Å². The Kier molecular flexibility index (Phi) is 5.11. The van der Waals surface area contributed by atoms with Crippen molar-refractivity contribution in [3.63, 3.8) is 0 Å². The lowest BCUT2D eigenvalue weighted by molar-refractivity contribution is -0.0468. The third-order valence-electron chi connectivity index (χ3n) is 3.46. The minimum Gasteiger partial charge on any atom is -0.382 e. The fraction of sp³-hybridized carbons (Fsp3) is 0.615. The third kappa shape index (κ3) is 2.87. The average Bonchev–Trinajstić information content (AvgIpc) is 2.76. The van der Waals surface area contributed by atoms with Gasteiger partial charge in [0, 0.05) is 38.8 Å². The first-order valence-electron chi connectivity index (χ1n) is 6.29. The van der Waals surface area contributed by atoms with E-state index < -0.39 is 0 Å². The molecule has 112 valence electrons. The van der Waals surface area contributed by atoms with Gasteiger partial charge in [0.2, 0.25) is 0 Å². The highest BCUT2D eigenvalue weighted by atomic mass is 32.1. The molecule has 20 heavy (non-hydrogen) atoms. The van der Waals surface area contributed by atoms with E-state index in [1.807, 2.05) is 0 Å². The molecule has 0 aliphatic carbocycles. The summed E-state index contributed by atoms with van der Waals surface area (Å²) in [6, 6.07) is 0. The van der Waals surface area contributed by atoms with Crippen molar-refractivity contribution >= 4 is 17.3 Å². The summed E-state index contributed by atoms with van der Waals surface area (Å²) >= 11 is 5.03. The van der Waals surface area contributed by atoms with Crippen LogP contribution in [0.15, 0.2) is 24.0 Å². The van der Waals surface area contributed by atoms with Gasteiger partial charge in [-0.25, -0.2) is 0 Å². The van der Waals surface area contributed by atoms with Crippen molar-refractivity contribution in [2.75, 3.05) is 27.9 Å². The second-order valence-corrected chi connectivity index (χ2v) is 5.04. The number of ether oxygens (including phenoxy) is 4. The maximum absolute atomic E-state index is 6.03. The van der Waals surface area contributed by atoms with Crippen LogP contribution in [0.2, 0.25) is 0 Å². The molecule has 1 unspecified atom stereocenters. The quantitative estimate of drug-likeness (QED) is 0.708. The standard InChI is InChI=1S/C13H20N2O4S/c1-7-8(5-14-13(20)15-7)10-12(18-4)11(17-3)9(19-10)6-16-2/h5,9-12H,1,6H2,2-4H3,(H2,14,15,20)/t9-,10+,11?,12-/m1/s1. The Morgan fingerprint density at radius 2 is 2.00 bits per heavy atom. The fourth-order valence-corrected chi connectivity index (χ4v) is 2.73. The molecule has 0 amide bonds. The Balaban J connectivity index is 2.22. The van der Waals surface area contributed by atoms with Crippen LogP contribution in [0.3, 0.4) is 0 Å². The average molecular weight is 300 g/mol. The predicted octanol–water partition coefficient (Wildman–Crippen LogP) is 0.306. The number of thiocarbonyl (C=S) groups is 1. The van der Waals surface area contributed by atoms with E-state index in [-0.39, 0.29) is 24.4 Å². The molecule has 0 saturated carbocycles. The van der Waals surface area contributed by atoms with Crippen LogP contribution in [-0.2, 0) is 18.9 Å². The number of rotatable bonds is 5. The van der Waals surface area contributed by atoms with Crippen LogP contribution in [-0.4, -0.2) is 57.5 Å². The summed E-state index contributed by atoms with van der Waals surface area (Å²) in [4.78, 5) is 0. The number of nitrogens with one attached hydrogen (secondary N) is 2. The molecule has 0 aromatic heterocycles. The lowest BCUT2D eigenvalue weighted by Gasteiger charge is -2.27. The van der Waals surface area contributed by atoms with Crippen LogP contribution >= 0.6 is 12.2 Å². The van der Waals surface area contributed by atoms with Gasteiger partial charge in [-0.15, -0.1) is 0 Å². The molecule has 2 heterocycles. The van der Waals surface area contributed by atoms with Crippen LogP contribution in [0.5, 0.6) is 0 Å². The van der Waals surface area contributed by atoms with Gasteiger partial charge in [0.25, 0.3) is 0 Å². The highest BCUT2D eigenvalue weighted by molar-refractivity contribution is 7.80. The summed E-state index contributed by atoms with van der Waals surface area (Å²) < 4.78 is 22.3. The molecule has 0 bridgehead atoms. The van der Waals surface area contributed by atoms with Gasteiger partial charge in [0.1, 0.15) is 24.4 Å². The van der Waals surface area contributed by atoms with Crippen molar-refractivity contribution in [3.8, 4) is 0 Å². The normalized spacial score (nSPS) is 33.6. The van der Waals surface area contributed by atoms with E-state index in [0.717, 1.165) is 5.57 Å². The summed E-state index contributed by atoms with van der Waals surface area (Å²) in [6.45, 7) is 4.41. The number of hydrogen-bond acceptors (Lipinski definition) is 5. The van der Waals surface area contributed by atoms with Crippen molar-refractivity contribution in [1.29, 1.82) is 0 Å². The van der Waals surface area contributed by atoms with Crippen molar-refractivity contribution in [2.45, 2.75) is 24.4 Å². The molecule has 2 N–H and O–H groups in total. The molecule has 0 spiro atoms. The second-order valence-electron chi connectivity index (χ2n) is 4.63. The molecule has 2 rings (SSSR count). The molecule has 7 heteroatoms. The lowest BCUT2D eigenvalue weighted by atomic mass is 9.99. The van der Waals surface area contributed by atoms with E-state index in [2.05, 4.69) is 17.2 Å². The van der Waals surface area contributed by atoms with Gasteiger partial charge in [-0.1, -0.05) is 6.58 Å². The highest BCUT2D eigenvalue weighted by Gasteiger charge is 2.47. The largest absolute Gasteiger partial charge is 0.382 e. The van der Waals surface area contributed by atoms with E-state index in [9.17, 15) is 0 Å². The Hall–Kier alpha value is -0.990. The second kappa shape index (κ2) is 6.64. The Morgan fingerprint density at radius 3 is 2.55 bits per heavy atom. The molecule has 6 nitrogen and oxygen atoms in total. The Bertz CT molecular complexity index is 427. The summed E-state index contributed by atoms with van der Waals surface area (Å²) in [5, 5.41) is 6.45. The van der Waals surface area contributed by atoms with Crippen molar-refractivity contribution in [3.05, 3.63) is 24.0 Å². The van der Waals surface area contributed by atoms with Gasteiger partial charge in [-0.05, 0) is 12.2 Å². The fourth-order valence-electron chi connectivity index (χ4n) is 2.55. The molecule has 0 aromatic rings. The third-order valence-corrected chi connectivity index (χ3v) is 3.68. The first kappa shape index (κ1) is 15.4. The van der Waals surface area contributed by atoms with Crippen molar-refractivity contribution in [1.82, 2.24) is 10.6 Å². The van der Waals surface area contributed by atoms with Gasteiger partial charge < -0.3 is 29.6 Å². The number of methoxy groups -OCH3 is 3. The molecule has 4 atom stereocenters. The maximum Gasteiger partial charge on any atom is 0.174 e. The summed E-state index contributed by atoms with van der Waals surface area (Å²) in [7, 11) is 4.91. The molecular weight excluding hydrogens is 280 g/mol. The van der Waals surface area contributed by atoms with Gasteiger partial charge in [-0.3, -0.25) is 0 Å². The van der Waals surface area contributed by atoms with Gasteiger partial charge in [-0.2, -0.15) is 0 Å². The zero-order valence-electron chi connectivity index (χ0n) is 11.8. The van der Waals surface area contributed by atoms with E-state index in [1.165, 1.54) is 0 Å². The first-order valence-corrected chi connectivity index (χ1v) is 6.70. The minimum absolute atomic E-state index is 0.192. The van der Waals surface area contributed by atoms with Crippen LogP contribution < -0.4 is 10.6 Å². The van der Waals surface area contributed by atoms with E-state index >= 15 is 0 Å². The van der Waals surface area contributed by atoms with E-state index in [1.54, 1.807) is 27.5 Å². The van der Waals surface area contributed by atoms with Gasteiger partial charge in [0.15, 0.2) is 5.11 Å². The van der Waals surface area contributed by atoms with Crippen molar-refractivity contribution in [2.24, 2.45) is 0 Å². The molecule has 0 aromatic carbocycles. The molecule has 1 saturated heterocycles. The minimum atomic E-state index is -0.291. The smallest absolute Gasteiger partial charge is 0.174 e. The lowest BCUT2D eigenvalue weighted by Crippen LogP contribution is -2.42. The monoisotopic (exact) mass is 300 g/mol. The maximum atomic E-state index is 6.03. The molecule has 1 fully saturated rings. The van der Waals surface area contributed by atoms with E-state index in [4.69, 9.17) is 31.2 Å². The summed E-state index contributed by atoms with van der Waals surface area (Å²) in [5.74, 6) is 0. The van der Waals surface area contributed by atoms with Crippen LogP contribution in [0.1, 0.15) is 0 Å². The van der Waals surface area contributed by atoms with Crippen LogP contribution in [0.25, 0.3) is 0 Å². The van der Waals surface area contributed by atoms with Crippen molar-refractivity contribution < 1.29 is 18.9 Å². The van der Waals surface area contributed by atoms with Gasteiger partial charge >= 0.3 is 0 Å². The highest BCUT2D eigenvalue weighted by Crippen LogP contribution is 2.32. The van der Waals surface area contributed by atoms with E-state index in [0.29, 0.717) is 17.4 Å². The summed E-state index contributed by atoms with van der Waals surface area (Å²) in [6.07, 6.45) is 0.869. The zero-order chi connectivity index (χ0) is 14.7. The first-order chi connectivity index (χ1) is 9.62. The van der Waals surface area contributed by atoms with Crippen LogP contribution in [0, 0.1) is 0 Å². The molecule has 2 aliphatic rings. The number of hydrogen-bond donors (Lipinski definition) is 2. The Morgan fingerprint density at radius 1 is 1.30 bits per heavy atom. The molecule has 0 radical (unpaired) electrons. The van der Waals surface area contributed by atoms with Gasteiger partial charge in [0.05, 0.1) is 6.61 Å². The summed E-state index contributed by atoms with van der Waals surface area (Å²) in [5.41, 5.74) is 1.57. The SMILES string of the molecule is C=C1NC(=S)NC=C1[C@@H]1O[C@H](COC)C(OC)[C@@H]1OC. The predicted molar refractivity (Wildman–Crippen MR) is 78.2 cm³/mol. The molecule has 2 aliphatic heterocycles. The topological polar surface area (TPSA) is 61.0 Å². The molecular formula is C13H20N2O4S. The zero-order valence-corrected chi connectivity index (χ0v) is 12.7. The van der Waals surface area contributed by atoms with Crippen LogP contribution in [0.4, 0.5) is 0 Å².